The number of likely N-dealkylation sites (tertiary alicyclic amines) is 1. The summed E-state index contributed by atoms with van der Waals surface area (Å²) in [5.74, 6) is 0.255. The minimum absolute atomic E-state index is 0.255. The van der Waals surface area contributed by atoms with Gasteiger partial charge in [-0.05, 0) is 38.2 Å². The zero-order chi connectivity index (χ0) is 11.7. The van der Waals surface area contributed by atoms with Gasteiger partial charge in [-0.15, -0.1) is 0 Å². The highest BCUT2D eigenvalue weighted by atomic mass is 35.5. The summed E-state index contributed by atoms with van der Waals surface area (Å²) in [7, 11) is 2.06. The first-order valence-electron chi connectivity index (χ1n) is 5.49. The number of benzene rings is 1. The molecule has 3 N–H and O–H groups in total. The van der Waals surface area contributed by atoms with Gasteiger partial charge in [0.2, 0.25) is 0 Å². The molecule has 4 heteroatoms. The molecular weight excluding hydrogens is 224 g/mol. The molecule has 0 aromatic heterocycles. The number of nitrogen functional groups attached to an aromatic ring is 1. The van der Waals surface area contributed by atoms with Crippen LogP contribution in [0.15, 0.2) is 18.2 Å². The SMILES string of the molecule is CN1CCC(C(O)c2cc(Cl)ccc2N)C1. The Labute approximate surface area is 101 Å². The lowest BCUT2D eigenvalue weighted by atomic mass is 9.94. The van der Waals surface area contributed by atoms with Crippen molar-refractivity contribution < 1.29 is 5.11 Å². The van der Waals surface area contributed by atoms with E-state index in [9.17, 15) is 5.11 Å². The van der Waals surface area contributed by atoms with Crippen LogP contribution >= 0.6 is 11.6 Å². The van der Waals surface area contributed by atoms with Crippen LogP contribution in [0.4, 0.5) is 5.69 Å². The van der Waals surface area contributed by atoms with Crippen LogP contribution in [0.2, 0.25) is 5.02 Å². The summed E-state index contributed by atoms with van der Waals surface area (Å²) in [6.45, 7) is 1.94. The molecule has 1 aromatic carbocycles. The third kappa shape index (κ3) is 2.32. The lowest BCUT2D eigenvalue weighted by Crippen LogP contribution is -2.19. The molecule has 2 unspecified atom stereocenters. The standard InChI is InChI=1S/C12H17ClN2O/c1-15-5-4-8(7-15)12(16)10-6-9(13)2-3-11(10)14/h2-3,6,8,12,16H,4-5,7,14H2,1H3. The number of rotatable bonds is 2. The molecule has 3 nitrogen and oxygen atoms in total. The summed E-state index contributed by atoms with van der Waals surface area (Å²) in [4.78, 5) is 2.22. The zero-order valence-electron chi connectivity index (χ0n) is 9.36. The van der Waals surface area contributed by atoms with Gasteiger partial charge in [0.05, 0.1) is 6.10 Å². The Morgan fingerprint density at radius 2 is 2.31 bits per heavy atom. The minimum Gasteiger partial charge on any atom is -0.398 e. The van der Waals surface area contributed by atoms with Gasteiger partial charge in [0.15, 0.2) is 0 Å². The predicted molar refractivity (Wildman–Crippen MR) is 66.4 cm³/mol. The molecule has 1 fully saturated rings. The fraction of sp³-hybridized carbons (Fsp3) is 0.500. The van der Waals surface area contributed by atoms with Gasteiger partial charge >= 0.3 is 0 Å². The molecule has 1 saturated heterocycles. The molecule has 88 valence electrons. The topological polar surface area (TPSA) is 49.5 Å². The van der Waals surface area contributed by atoms with Gasteiger partial charge in [-0.3, -0.25) is 0 Å². The van der Waals surface area contributed by atoms with Crippen molar-refractivity contribution in [2.45, 2.75) is 12.5 Å². The van der Waals surface area contributed by atoms with Crippen LogP contribution in [-0.2, 0) is 0 Å². The molecule has 0 aliphatic carbocycles. The Morgan fingerprint density at radius 3 is 2.94 bits per heavy atom. The average Bonchev–Trinajstić information content (AvgIpc) is 2.67. The van der Waals surface area contributed by atoms with Crippen molar-refractivity contribution in [1.82, 2.24) is 4.90 Å². The molecule has 16 heavy (non-hydrogen) atoms. The molecule has 1 heterocycles. The van der Waals surface area contributed by atoms with E-state index < -0.39 is 6.10 Å². The van der Waals surface area contributed by atoms with E-state index in [0.29, 0.717) is 10.7 Å². The molecule has 0 bridgehead atoms. The number of hydrogen-bond acceptors (Lipinski definition) is 3. The van der Waals surface area contributed by atoms with Crippen molar-refractivity contribution in [1.29, 1.82) is 0 Å². The largest absolute Gasteiger partial charge is 0.398 e. The number of anilines is 1. The van der Waals surface area contributed by atoms with Crippen LogP contribution in [0.1, 0.15) is 18.1 Å². The van der Waals surface area contributed by atoms with Gasteiger partial charge in [-0.2, -0.15) is 0 Å². The summed E-state index contributed by atoms with van der Waals surface area (Å²) < 4.78 is 0. The van der Waals surface area contributed by atoms with Crippen molar-refractivity contribution in [3.63, 3.8) is 0 Å². The normalized spacial score (nSPS) is 23.6. The third-order valence-corrected chi connectivity index (χ3v) is 3.48. The molecule has 2 atom stereocenters. The zero-order valence-corrected chi connectivity index (χ0v) is 10.1. The highest BCUT2D eigenvalue weighted by Gasteiger charge is 2.28. The van der Waals surface area contributed by atoms with Crippen molar-refractivity contribution in [2.24, 2.45) is 5.92 Å². The summed E-state index contributed by atoms with van der Waals surface area (Å²) >= 11 is 5.92. The number of nitrogens with zero attached hydrogens (tertiary/aromatic N) is 1. The molecule has 0 radical (unpaired) electrons. The maximum Gasteiger partial charge on any atom is 0.0851 e. The first-order valence-corrected chi connectivity index (χ1v) is 5.87. The summed E-state index contributed by atoms with van der Waals surface area (Å²) in [6, 6.07) is 5.26. The van der Waals surface area contributed by atoms with E-state index in [1.165, 1.54) is 0 Å². The number of hydrogen-bond donors (Lipinski definition) is 2. The molecular formula is C12H17ClN2O. The van der Waals surface area contributed by atoms with Crippen molar-refractivity contribution in [3.05, 3.63) is 28.8 Å². The van der Waals surface area contributed by atoms with Crippen LogP contribution in [0.25, 0.3) is 0 Å². The number of aliphatic hydroxyl groups is 1. The Bertz CT molecular complexity index is 383. The van der Waals surface area contributed by atoms with Crippen molar-refractivity contribution in [3.8, 4) is 0 Å². The number of halogens is 1. The molecule has 1 aromatic rings. The van der Waals surface area contributed by atoms with Crippen molar-refractivity contribution >= 4 is 17.3 Å². The molecule has 0 saturated carbocycles. The van der Waals surface area contributed by atoms with E-state index in [0.717, 1.165) is 25.1 Å². The second kappa shape index (κ2) is 4.62. The first kappa shape index (κ1) is 11.7. The van der Waals surface area contributed by atoms with Gasteiger partial charge < -0.3 is 15.7 Å². The monoisotopic (exact) mass is 240 g/mol. The van der Waals surface area contributed by atoms with Gasteiger partial charge in [0, 0.05) is 28.7 Å². The summed E-state index contributed by atoms with van der Waals surface area (Å²) in [5, 5.41) is 10.9. The van der Waals surface area contributed by atoms with Gasteiger partial charge in [0.1, 0.15) is 0 Å². The lowest BCUT2D eigenvalue weighted by molar-refractivity contribution is 0.113. The van der Waals surface area contributed by atoms with E-state index in [4.69, 9.17) is 17.3 Å². The van der Waals surface area contributed by atoms with E-state index >= 15 is 0 Å². The molecule has 0 spiro atoms. The summed E-state index contributed by atoms with van der Waals surface area (Å²) in [6.07, 6.45) is 0.493. The van der Waals surface area contributed by atoms with Gasteiger partial charge in [-0.1, -0.05) is 11.6 Å². The Balaban J connectivity index is 2.20. The van der Waals surface area contributed by atoms with Crippen LogP contribution in [0.5, 0.6) is 0 Å². The van der Waals surface area contributed by atoms with E-state index in [2.05, 4.69) is 11.9 Å². The number of aliphatic hydroxyl groups excluding tert-OH is 1. The highest BCUT2D eigenvalue weighted by molar-refractivity contribution is 6.30. The smallest absolute Gasteiger partial charge is 0.0851 e. The first-order chi connectivity index (χ1) is 7.58. The van der Waals surface area contributed by atoms with Gasteiger partial charge in [-0.25, -0.2) is 0 Å². The second-order valence-corrected chi connectivity index (χ2v) is 4.97. The van der Waals surface area contributed by atoms with Gasteiger partial charge in [0.25, 0.3) is 0 Å². The maximum absolute atomic E-state index is 10.3. The fourth-order valence-corrected chi connectivity index (χ4v) is 2.46. The van der Waals surface area contributed by atoms with Crippen LogP contribution < -0.4 is 5.73 Å². The highest BCUT2D eigenvalue weighted by Crippen LogP contribution is 2.33. The fourth-order valence-electron chi connectivity index (χ4n) is 2.28. The predicted octanol–water partition coefficient (Wildman–Crippen LogP) is 1.91. The van der Waals surface area contributed by atoms with Crippen LogP contribution in [0.3, 0.4) is 0 Å². The Morgan fingerprint density at radius 1 is 1.56 bits per heavy atom. The van der Waals surface area contributed by atoms with E-state index in [1.807, 2.05) is 0 Å². The molecule has 1 aliphatic heterocycles. The minimum atomic E-state index is -0.511. The van der Waals surface area contributed by atoms with E-state index in [1.54, 1.807) is 18.2 Å². The number of nitrogens with two attached hydrogens (primary N) is 1. The quantitative estimate of drug-likeness (QED) is 0.777. The second-order valence-electron chi connectivity index (χ2n) is 4.53. The molecule has 0 amide bonds. The van der Waals surface area contributed by atoms with E-state index in [-0.39, 0.29) is 5.92 Å². The third-order valence-electron chi connectivity index (χ3n) is 3.24. The van der Waals surface area contributed by atoms with Crippen molar-refractivity contribution in [2.75, 3.05) is 25.9 Å². The summed E-state index contributed by atoms with van der Waals surface area (Å²) in [5.41, 5.74) is 7.23. The molecule has 1 aliphatic rings. The van der Waals surface area contributed by atoms with Crippen LogP contribution in [0, 0.1) is 5.92 Å². The molecule has 2 rings (SSSR count). The Hall–Kier alpha value is -0.770. The Kier molecular flexibility index (Phi) is 3.38. The van der Waals surface area contributed by atoms with Crippen LogP contribution in [-0.4, -0.2) is 30.1 Å². The average molecular weight is 241 g/mol. The maximum atomic E-state index is 10.3. The lowest BCUT2D eigenvalue weighted by Gasteiger charge is -2.20.